The quantitative estimate of drug-likeness (QED) is 0.137. The molecule has 0 unspecified atom stereocenters. The Bertz CT molecular complexity index is 1780. The molecule has 3 heterocycles. The van der Waals surface area contributed by atoms with Crippen molar-refractivity contribution in [2.45, 2.75) is 11.4 Å². The first-order valence-electron chi connectivity index (χ1n) is 13.3. The van der Waals surface area contributed by atoms with Gasteiger partial charge in [0.25, 0.3) is 0 Å². The maximum Gasteiger partial charge on any atom is 0.409 e. The number of hydrogen-bond acceptors (Lipinski definition) is 9. The summed E-state index contributed by atoms with van der Waals surface area (Å²) in [6.45, 7) is 1.09. The molecule has 226 valence electrons. The lowest BCUT2D eigenvalue weighted by molar-refractivity contribution is 0.100. The molecule has 0 aliphatic rings. The topological polar surface area (TPSA) is 115 Å². The normalized spacial score (nSPS) is 10.8. The molecule has 0 aliphatic heterocycles. The first kappa shape index (κ1) is 30.7. The zero-order chi connectivity index (χ0) is 31.1. The highest BCUT2D eigenvalue weighted by Gasteiger charge is 2.16. The number of urea groups is 1. The number of pyridine rings is 2. The lowest BCUT2D eigenvalue weighted by Crippen LogP contribution is -2.33. The van der Waals surface area contributed by atoms with Crippen LogP contribution < -0.4 is 15.4 Å². The van der Waals surface area contributed by atoms with Crippen molar-refractivity contribution in [2.75, 3.05) is 38.0 Å². The molecule has 0 saturated carbocycles. The van der Waals surface area contributed by atoms with Crippen LogP contribution >= 0.6 is 24.0 Å². The van der Waals surface area contributed by atoms with Gasteiger partial charge in [-0.1, -0.05) is 12.1 Å². The number of amides is 3. The average molecular weight is 634 g/mol. The second-order valence-electron chi connectivity index (χ2n) is 9.45. The van der Waals surface area contributed by atoms with E-state index >= 15 is 4.39 Å². The molecule has 0 saturated heterocycles. The Morgan fingerprint density at radius 1 is 0.977 bits per heavy atom. The minimum Gasteiger partial charge on any atom is -0.453 e. The summed E-state index contributed by atoms with van der Waals surface area (Å²) in [6.07, 6.45) is 2.85. The standard InChI is InChI=1S/C31H28FN5O5S2/c1-40-13-12-37(31(39)41-2)18-19-6-8-24(34-17-19)28-16-25-29(44-28)27(10-11-33-25)42-26-9-7-21(15-23(26)32)36-30(38)35-20-4-3-5-22(43)14-20/h3-11,14-17,43H,12-13,18H2,1-2H3,(H2,35,36,38). The highest BCUT2D eigenvalue weighted by atomic mass is 32.1. The molecule has 3 amide bonds. The Kier molecular flexibility index (Phi) is 9.89. The van der Waals surface area contributed by atoms with Crippen molar-refractivity contribution in [3.8, 4) is 22.1 Å². The number of hydrogen-bond donors (Lipinski definition) is 3. The maximum atomic E-state index is 15.0. The molecule has 0 radical (unpaired) electrons. The smallest absolute Gasteiger partial charge is 0.409 e. The summed E-state index contributed by atoms with van der Waals surface area (Å²) in [5, 5.41) is 5.29. The Balaban J connectivity index is 1.28. The molecular formula is C31H28FN5O5S2. The van der Waals surface area contributed by atoms with Gasteiger partial charge in [-0.25, -0.2) is 14.0 Å². The lowest BCUT2D eigenvalue weighted by Gasteiger charge is -2.20. The first-order chi connectivity index (χ1) is 21.3. The van der Waals surface area contributed by atoms with Gasteiger partial charge in [0.2, 0.25) is 0 Å². The highest BCUT2D eigenvalue weighted by molar-refractivity contribution is 7.80. The van der Waals surface area contributed by atoms with Gasteiger partial charge in [0.05, 0.1) is 41.0 Å². The monoisotopic (exact) mass is 633 g/mol. The fourth-order valence-corrected chi connectivity index (χ4v) is 5.50. The molecule has 0 bridgehead atoms. The van der Waals surface area contributed by atoms with Crippen LogP contribution in [0.15, 0.2) is 84.0 Å². The Morgan fingerprint density at radius 3 is 2.50 bits per heavy atom. The van der Waals surface area contributed by atoms with Crippen molar-refractivity contribution in [3.05, 3.63) is 90.5 Å². The van der Waals surface area contributed by atoms with Crippen LogP contribution in [0.4, 0.5) is 25.4 Å². The van der Waals surface area contributed by atoms with Crippen LogP contribution in [0.2, 0.25) is 0 Å². The summed E-state index contributed by atoms with van der Waals surface area (Å²) in [6, 6.07) is 17.9. The number of nitrogens with one attached hydrogen (secondary N) is 2. The Labute approximate surface area is 262 Å². The molecule has 2 N–H and O–H groups in total. The van der Waals surface area contributed by atoms with Gasteiger partial charge in [0.1, 0.15) is 5.75 Å². The summed E-state index contributed by atoms with van der Waals surface area (Å²) in [7, 11) is 2.91. The number of anilines is 2. The van der Waals surface area contributed by atoms with Crippen molar-refractivity contribution in [1.82, 2.24) is 14.9 Å². The molecule has 0 spiro atoms. The van der Waals surface area contributed by atoms with E-state index in [0.29, 0.717) is 47.2 Å². The number of methoxy groups -OCH3 is 2. The van der Waals surface area contributed by atoms with E-state index in [9.17, 15) is 9.59 Å². The fourth-order valence-electron chi connectivity index (χ4n) is 4.23. The van der Waals surface area contributed by atoms with Crippen LogP contribution in [-0.2, 0) is 16.0 Å². The van der Waals surface area contributed by atoms with Gasteiger partial charge >= 0.3 is 12.1 Å². The van der Waals surface area contributed by atoms with Gasteiger partial charge in [0.15, 0.2) is 11.6 Å². The minimum atomic E-state index is -0.648. The van der Waals surface area contributed by atoms with Crippen LogP contribution in [0.1, 0.15) is 5.56 Å². The molecule has 5 aromatic rings. The van der Waals surface area contributed by atoms with Crippen molar-refractivity contribution >= 4 is 57.7 Å². The third-order valence-electron chi connectivity index (χ3n) is 6.34. The van der Waals surface area contributed by atoms with Gasteiger partial charge in [-0.3, -0.25) is 9.97 Å². The summed E-state index contributed by atoms with van der Waals surface area (Å²) >= 11 is 5.67. The largest absolute Gasteiger partial charge is 0.453 e. The van der Waals surface area contributed by atoms with Gasteiger partial charge in [-0.15, -0.1) is 24.0 Å². The van der Waals surface area contributed by atoms with Gasteiger partial charge < -0.3 is 29.7 Å². The van der Waals surface area contributed by atoms with Crippen LogP contribution in [0, 0.1) is 5.82 Å². The second-order valence-corrected chi connectivity index (χ2v) is 11.0. The Morgan fingerprint density at radius 2 is 1.80 bits per heavy atom. The molecule has 13 heteroatoms. The average Bonchev–Trinajstić information content (AvgIpc) is 3.46. The number of benzene rings is 2. The van der Waals surface area contributed by atoms with E-state index in [0.717, 1.165) is 15.1 Å². The van der Waals surface area contributed by atoms with E-state index in [1.54, 1.807) is 55.9 Å². The highest BCUT2D eigenvalue weighted by Crippen LogP contribution is 2.39. The van der Waals surface area contributed by atoms with E-state index < -0.39 is 17.9 Å². The summed E-state index contributed by atoms with van der Waals surface area (Å²) in [5.74, 6) is -0.225. The minimum absolute atomic E-state index is 0.00713. The zero-order valence-corrected chi connectivity index (χ0v) is 25.5. The zero-order valence-electron chi connectivity index (χ0n) is 23.7. The van der Waals surface area contributed by atoms with Crippen molar-refractivity contribution < 1.29 is 28.2 Å². The van der Waals surface area contributed by atoms with Crippen LogP contribution in [-0.4, -0.2) is 54.4 Å². The fraction of sp³-hybridized carbons (Fsp3) is 0.161. The number of fused-ring (bicyclic) bond motifs is 1. The number of carbonyl (C=O) groups is 2. The van der Waals surface area contributed by atoms with Crippen LogP contribution in [0.5, 0.6) is 11.5 Å². The maximum absolute atomic E-state index is 15.0. The summed E-state index contributed by atoms with van der Waals surface area (Å²) in [5.41, 5.74) is 3.03. The van der Waals surface area contributed by atoms with Crippen LogP contribution in [0.25, 0.3) is 20.8 Å². The number of halogens is 1. The summed E-state index contributed by atoms with van der Waals surface area (Å²) in [4.78, 5) is 36.5. The third-order valence-corrected chi connectivity index (χ3v) is 7.78. The molecule has 10 nitrogen and oxygen atoms in total. The van der Waals surface area contributed by atoms with Crippen molar-refractivity contribution in [3.63, 3.8) is 0 Å². The molecular weight excluding hydrogens is 606 g/mol. The number of nitrogens with zero attached hydrogens (tertiary/aromatic N) is 3. The van der Waals surface area contributed by atoms with Crippen molar-refractivity contribution in [2.24, 2.45) is 0 Å². The number of aromatic nitrogens is 2. The van der Waals surface area contributed by atoms with Gasteiger partial charge in [-0.2, -0.15) is 0 Å². The molecule has 2 aromatic carbocycles. The van der Waals surface area contributed by atoms with E-state index in [2.05, 4.69) is 33.2 Å². The molecule has 0 atom stereocenters. The number of ether oxygens (including phenoxy) is 3. The van der Waals surface area contributed by atoms with E-state index in [1.807, 2.05) is 18.2 Å². The molecule has 5 rings (SSSR count). The summed E-state index contributed by atoms with van der Waals surface area (Å²) < 4.78 is 31.7. The molecule has 0 fully saturated rings. The first-order valence-corrected chi connectivity index (χ1v) is 14.6. The lowest BCUT2D eigenvalue weighted by atomic mass is 10.2. The molecule has 3 aromatic heterocycles. The second kappa shape index (κ2) is 14.2. The molecule has 44 heavy (non-hydrogen) atoms. The van der Waals surface area contributed by atoms with Crippen molar-refractivity contribution in [1.29, 1.82) is 0 Å². The van der Waals surface area contributed by atoms with E-state index in [-0.39, 0.29) is 11.4 Å². The van der Waals surface area contributed by atoms with Gasteiger partial charge in [-0.05, 0) is 48.0 Å². The number of rotatable bonds is 10. The predicted molar refractivity (Wildman–Crippen MR) is 170 cm³/mol. The van der Waals surface area contributed by atoms with Crippen LogP contribution in [0.3, 0.4) is 0 Å². The third kappa shape index (κ3) is 7.61. The predicted octanol–water partition coefficient (Wildman–Crippen LogP) is 7.44. The number of thiophene rings is 1. The van der Waals surface area contributed by atoms with E-state index in [4.69, 9.17) is 14.2 Å². The molecule has 0 aliphatic carbocycles. The van der Waals surface area contributed by atoms with E-state index in [1.165, 1.54) is 35.5 Å². The number of carbonyl (C=O) groups excluding carboxylic acids is 2. The number of thiol groups is 1. The SMILES string of the molecule is COCCN(Cc1ccc(-c2cc3nccc(Oc4ccc(NC(=O)Nc5cccc(S)c5)cc4F)c3s2)nc1)C(=O)OC. The Hall–Kier alpha value is -4.72. The van der Waals surface area contributed by atoms with Gasteiger partial charge in [0, 0.05) is 54.5 Å².